The lowest BCUT2D eigenvalue weighted by atomic mass is 9.86. The van der Waals surface area contributed by atoms with Crippen LogP contribution in [0.1, 0.15) is 97.8 Å². The molecular weight excluding hydrogens is 216 g/mol. The van der Waals surface area contributed by atoms with Crippen LogP contribution < -0.4 is 0 Å². The van der Waals surface area contributed by atoms with Crippen molar-refractivity contribution in [3.05, 3.63) is 0 Å². The molecule has 0 heteroatoms. The molecule has 1 rings (SSSR count). The first kappa shape index (κ1) is 16.1. The van der Waals surface area contributed by atoms with Crippen molar-refractivity contribution >= 4 is 0 Å². The van der Waals surface area contributed by atoms with E-state index < -0.39 is 0 Å². The van der Waals surface area contributed by atoms with E-state index in [-0.39, 0.29) is 0 Å². The molecule has 0 aromatic heterocycles. The Labute approximate surface area is 116 Å². The van der Waals surface area contributed by atoms with Gasteiger partial charge in [0.15, 0.2) is 0 Å². The summed E-state index contributed by atoms with van der Waals surface area (Å²) in [5, 5.41) is 0. The van der Waals surface area contributed by atoms with Crippen LogP contribution >= 0.6 is 0 Å². The van der Waals surface area contributed by atoms with Crippen molar-refractivity contribution in [2.75, 3.05) is 0 Å². The number of hydrogen-bond acceptors (Lipinski definition) is 0. The monoisotopic (exact) mass is 252 g/mol. The third-order valence-electron chi connectivity index (χ3n) is 5.17. The molecule has 1 fully saturated rings. The van der Waals surface area contributed by atoms with Gasteiger partial charge in [-0.2, -0.15) is 0 Å². The normalized spacial score (nSPS) is 33.2. The highest BCUT2D eigenvalue weighted by Crippen LogP contribution is 2.28. The Hall–Kier alpha value is 0. The molecule has 0 radical (unpaired) electrons. The minimum atomic E-state index is 0.966. The SMILES string of the molecule is CCC1CCCCCCC(CC)CC(C)CCC1. The van der Waals surface area contributed by atoms with Crippen LogP contribution in [0.15, 0.2) is 0 Å². The van der Waals surface area contributed by atoms with Gasteiger partial charge in [-0.25, -0.2) is 0 Å². The second-order valence-electron chi connectivity index (χ2n) is 6.81. The highest BCUT2D eigenvalue weighted by atomic mass is 14.2. The molecule has 0 bridgehead atoms. The maximum Gasteiger partial charge on any atom is -0.0414 e. The Morgan fingerprint density at radius 2 is 1.22 bits per heavy atom. The Bertz CT molecular complexity index is 184. The predicted molar refractivity (Wildman–Crippen MR) is 82.9 cm³/mol. The number of rotatable bonds is 2. The molecule has 0 aliphatic heterocycles. The molecule has 0 spiro atoms. The van der Waals surface area contributed by atoms with E-state index in [1.165, 1.54) is 77.0 Å². The van der Waals surface area contributed by atoms with Gasteiger partial charge in [0.2, 0.25) is 0 Å². The molecule has 0 nitrogen and oxygen atoms in total. The molecule has 18 heavy (non-hydrogen) atoms. The molecule has 3 atom stereocenters. The van der Waals surface area contributed by atoms with E-state index in [0.29, 0.717) is 0 Å². The zero-order chi connectivity index (χ0) is 13.2. The van der Waals surface area contributed by atoms with E-state index in [9.17, 15) is 0 Å². The van der Waals surface area contributed by atoms with Crippen molar-refractivity contribution in [1.29, 1.82) is 0 Å². The summed E-state index contributed by atoms with van der Waals surface area (Å²) < 4.78 is 0. The smallest absolute Gasteiger partial charge is 0.0414 e. The van der Waals surface area contributed by atoms with Crippen LogP contribution in [0.2, 0.25) is 0 Å². The third-order valence-corrected chi connectivity index (χ3v) is 5.17. The van der Waals surface area contributed by atoms with Gasteiger partial charge >= 0.3 is 0 Å². The van der Waals surface area contributed by atoms with Gasteiger partial charge in [-0.1, -0.05) is 91.4 Å². The zero-order valence-corrected chi connectivity index (χ0v) is 13.2. The minimum Gasteiger partial charge on any atom is -0.0651 e. The average Bonchev–Trinajstić information content (AvgIpc) is 2.39. The summed E-state index contributed by atoms with van der Waals surface area (Å²) in [7, 11) is 0. The molecule has 108 valence electrons. The van der Waals surface area contributed by atoms with Crippen LogP contribution in [-0.2, 0) is 0 Å². The molecule has 0 N–H and O–H groups in total. The summed E-state index contributed by atoms with van der Waals surface area (Å²) in [6.07, 6.45) is 17.7. The van der Waals surface area contributed by atoms with Crippen molar-refractivity contribution in [3.63, 3.8) is 0 Å². The summed E-state index contributed by atoms with van der Waals surface area (Å²) in [5.41, 5.74) is 0. The summed E-state index contributed by atoms with van der Waals surface area (Å²) in [6.45, 7) is 7.27. The maximum absolute atomic E-state index is 2.49. The molecule has 0 heterocycles. The van der Waals surface area contributed by atoms with Gasteiger partial charge in [-0.15, -0.1) is 0 Å². The highest BCUT2D eigenvalue weighted by Gasteiger charge is 2.13. The minimum absolute atomic E-state index is 0.966. The molecule has 0 aromatic carbocycles. The lowest BCUT2D eigenvalue weighted by Gasteiger charge is -2.20. The van der Waals surface area contributed by atoms with E-state index in [2.05, 4.69) is 20.8 Å². The van der Waals surface area contributed by atoms with Gasteiger partial charge in [0, 0.05) is 0 Å². The van der Waals surface area contributed by atoms with Crippen molar-refractivity contribution in [2.24, 2.45) is 17.8 Å². The molecule has 1 aliphatic carbocycles. The molecule has 1 aliphatic rings. The van der Waals surface area contributed by atoms with Crippen LogP contribution in [0.5, 0.6) is 0 Å². The Balaban J connectivity index is 2.40. The van der Waals surface area contributed by atoms with Crippen LogP contribution in [-0.4, -0.2) is 0 Å². The van der Waals surface area contributed by atoms with Crippen LogP contribution in [0, 0.1) is 17.8 Å². The maximum atomic E-state index is 2.49. The quantitative estimate of drug-likeness (QED) is 0.520. The van der Waals surface area contributed by atoms with Crippen molar-refractivity contribution in [3.8, 4) is 0 Å². The number of hydrogen-bond donors (Lipinski definition) is 0. The lowest BCUT2D eigenvalue weighted by Crippen LogP contribution is -2.06. The lowest BCUT2D eigenvalue weighted by molar-refractivity contribution is 0.325. The predicted octanol–water partition coefficient (Wildman–Crippen LogP) is 6.59. The Kier molecular flexibility index (Phi) is 8.80. The van der Waals surface area contributed by atoms with Gasteiger partial charge in [0.05, 0.1) is 0 Å². The van der Waals surface area contributed by atoms with Gasteiger partial charge in [0.1, 0.15) is 0 Å². The van der Waals surface area contributed by atoms with Gasteiger partial charge in [-0.3, -0.25) is 0 Å². The Morgan fingerprint density at radius 1 is 0.667 bits per heavy atom. The average molecular weight is 252 g/mol. The van der Waals surface area contributed by atoms with Crippen LogP contribution in [0.3, 0.4) is 0 Å². The van der Waals surface area contributed by atoms with Crippen LogP contribution in [0.25, 0.3) is 0 Å². The second-order valence-corrected chi connectivity index (χ2v) is 6.81. The van der Waals surface area contributed by atoms with Crippen molar-refractivity contribution in [1.82, 2.24) is 0 Å². The van der Waals surface area contributed by atoms with E-state index >= 15 is 0 Å². The first-order valence-corrected chi connectivity index (χ1v) is 8.76. The molecule has 1 saturated carbocycles. The summed E-state index contributed by atoms with van der Waals surface area (Å²) in [6, 6.07) is 0. The van der Waals surface area contributed by atoms with E-state index in [1.807, 2.05) is 0 Å². The van der Waals surface area contributed by atoms with Crippen LogP contribution in [0.4, 0.5) is 0 Å². The Morgan fingerprint density at radius 3 is 1.83 bits per heavy atom. The molecule has 0 aromatic rings. The summed E-state index contributed by atoms with van der Waals surface area (Å²) >= 11 is 0. The van der Waals surface area contributed by atoms with Gasteiger partial charge < -0.3 is 0 Å². The van der Waals surface area contributed by atoms with Gasteiger partial charge in [-0.05, 0) is 24.2 Å². The van der Waals surface area contributed by atoms with E-state index in [4.69, 9.17) is 0 Å². The van der Waals surface area contributed by atoms with Crippen molar-refractivity contribution < 1.29 is 0 Å². The fourth-order valence-electron chi connectivity index (χ4n) is 3.70. The highest BCUT2D eigenvalue weighted by molar-refractivity contribution is 4.66. The fraction of sp³-hybridized carbons (Fsp3) is 1.00. The second kappa shape index (κ2) is 9.87. The third kappa shape index (κ3) is 6.81. The molecular formula is C18H36. The molecule has 0 saturated heterocycles. The zero-order valence-electron chi connectivity index (χ0n) is 13.2. The standard InChI is InChI=1S/C18H36/c1-4-17-12-8-6-7-9-13-18(5-2)15-16(3)11-10-14-17/h16-18H,4-15H2,1-3H3. The largest absolute Gasteiger partial charge is 0.0651 e. The first-order valence-electron chi connectivity index (χ1n) is 8.76. The van der Waals surface area contributed by atoms with E-state index in [1.54, 1.807) is 0 Å². The van der Waals surface area contributed by atoms with E-state index in [0.717, 1.165) is 17.8 Å². The van der Waals surface area contributed by atoms with Crippen molar-refractivity contribution in [2.45, 2.75) is 97.8 Å². The van der Waals surface area contributed by atoms with Gasteiger partial charge in [0.25, 0.3) is 0 Å². The fourth-order valence-corrected chi connectivity index (χ4v) is 3.70. The molecule has 3 unspecified atom stereocenters. The summed E-state index contributed by atoms with van der Waals surface area (Å²) in [4.78, 5) is 0. The topological polar surface area (TPSA) is 0 Å². The molecule has 0 amide bonds. The first-order chi connectivity index (χ1) is 8.76. The summed E-state index contributed by atoms with van der Waals surface area (Å²) in [5.74, 6) is 3.01.